The predicted octanol–water partition coefficient (Wildman–Crippen LogP) is 1.84. The fourth-order valence-corrected chi connectivity index (χ4v) is 3.69. The number of hydrogen-bond donors (Lipinski definition) is 1. The van der Waals surface area contributed by atoms with Gasteiger partial charge in [-0.1, -0.05) is 6.92 Å². The van der Waals surface area contributed by atoms with Crippen LogP contribution in [0, 0.1) is 5.92 Å². The van der Waals surface area contributed by atoms with E-state index in [9.17, 15) is 0 Å². The van der Waals surface area contributed by atoms with E-state index >= 15 is 0 Å². The van der Waals surface area contributed by atoms with Gasteiger partial charge in [0, 0.05) is 32.4 Å². The maximum Gasteiger partial charge on any atom is 0.206 e. The van der Waals surface area contributed by atoms with Gasteiger partial charge in [-0.2, -0.15) is 0 Å². The number of nitrogens with one attached hydrogen (secondary N) is 1. The van der Waals surface area contributed by atoms with Crippen LogP contribution in [0.2, 0.25) is 0 Å². The highest BCUT2D eigenvalue weighted by Crippen LogP contribution is 2.30. The molecule has 1 unspecified atom stereocenters. The molecule has 3 atom stereocenters. The van der Waals surface area contributed by atoms with E-state index in [1.165, 1.54) is 25.1 Å². The highest BCUT2D eigenvalue weighted by Gasteiger charge is 2.36. The van der Waals surface area contributed by atoms with E-state index in [4.69, 9.17) is 9.72 Å². The number of nitrogens with zero attached hydrogens (tertiary/aromatic N) is 3. The highest BCUT2D eigenvalue weighted by molar-refractivity contribution is 5.37. The minimum Gasteiger partial charge on any atom is -0.383 e. The summed E-state index contributed by atoms with van der Waals surface area (Å²) in [5.74, 6) is 1.92. The number of rotatable bonds is 5. The Kier molecular flexibility index (Phi) is 4.50. The van der Waals surface area contributed by atoms with Crippen LogP contribution in [0.3, 0.4) is 0 Å². The lowest BCUT2D eigenvalue weighted by atomic mass is 9.94. The lowest BCUT2D eigenvalue weighted by molar-refractivity contribution is 0.162. The van der Waals surface area contributed by atoms with Gasteiger partial charge in [0.15, 0.2) is 0 Å². The normalized spacial score (nSPS) is 26.9. The van der Waals surface area contributed by atoms with Gasteiger partial charge in [-0.3, -0.25) is 0 Å². The third-order valence-corrected chi connectivity index (χ3v) is 4.89. The van der Waals surface area contributed by atoms with E-state index in [2.05, 4.69) is 34.8 Å². The second-order valence-electron chi connectivity index (χ2n) is 6.47. The SMILES string of the molecule is CCc1cn(C(C)COC)c(N2C[C@@H]3CCCN[C@@H]3C2)n1. The predicted molar refractivity (Wildman–Crippen MR) is 84.9 cm³/mol. The van der Waals surface area contributed by atoms with Crippen LogP contribution in [0.4, 0.5) is 5.95 Å². The van der Waals surface area contributed by atoms with E-state index in [1.807, 2.05) is 0 Å². The van der Waals surface area contributed by atoms with Gasteiger partial charge in [0.25, 0.3) is 0 Å². The Balaban J connectivity index is 1.82. The summed E-state index contributed by atoms with van der Waals surface area (Å²) in [6, 6.07) is 0.972. The third-order valence-electron chi connectivity index (χ3n) is 4.89. The molecule has 5 nitrogen and oxygen atoms in total. The molecule has 2 saturated heterocycles. The van der Waals surface area contributed by atoms with Crippen molar-refractivity contribution >= 4 is 5.95 Å². The van der Waals surface area contributed by atoms with Crippen molar-refractivity contribution in [2.45, 2.75) is 45.2 Å². The Morgan fingerprint density at radius 1 is 1.48 bits per heavy atom. The summed E-state index contributed by atoms with van der Waals surface area (Å²) >= 11 is 0. The molecule has 0 saturated carbocycles. The number of anilines is 1. The average molecular weight is 292 g/mol. The van der Waals surface area contributed by atoms with Crippen LogP contribution in [-0.2, 0) is 11.2 Å². The summed E-state index contributed by atoms with van der Waals surface area (Å²) in [5.41, 5.74) is 1.18. The third kappa shape index (κ3) is 2.94. The minimum atomic E-state index is 0.327. The number of fused-ring (bicyclic) bond motifs is 1. The number of aromatic nitrogens is 2. The van der Waals surface area contributed by atoms with Crippen LogP contribution < -0.4 is 10.2 Å². The molecular formula is C16H28N4O. The largest absolute Gasteiger partial charge is 0.383 e. The van der Waals surface area contributed by atoms with E-state index in [0.29, 0.717) is 12.1 Å². The molecule has 3 rings (SSSR count). The smallest absolute Gasteiger partial charge is 0.206 e. The monoisotopic (exact) mass is 292 g/mol. The Morgan fingerprint density at radius 3 is 3.05 bits per heavy atom. The molecule has 2 aliphatic heterocycles. The van der Waals surface area contributed by atoms with Crippen molar-refractivity contribution in [3.05, 3.63) is 11.9 Å². The fourth-order valence-electron chi connectivity index (χ4n) is 3.69. The molecule has 0 spiro atoms. The van der Waals surface area contributed by atoms with Crippen LogP contribution in [0.1, 0.15) is 38.4 Å². The molecule has 1 aromatic heterocycles. The van der Waals surface area contributed by atoms with Crippen molar-refractivity contribution in [1.29, 1.82) is 0 Å². The molecule has 0 bridgehead atoms. The topological polar surface area (TPSA) is 42.3 Å². The van der Waals surface area contributed by atoms with Crippen LogP contribution in [0.5, 0.6) is 0 Å². The lowest BCUT2D eigenvalue weighted by Crippen LogP contribution is -2.40. The van der Waals surface area contributed by atoms with Crippen molar-refractivity contribution in [2.75, 3.05) is 38.3 Å². The highest BCUT2D eigenvalue weighted by atomic mass is 16.5. The first kappa shape index (κ1) is 14.9. The lowest BCUT2D eigenvalue weighted by Gasteiger charge is -2.24. The van der Waals surface area contributed by atoms with E-state index < -0.39 is 0 Å². The molecule has 0 aliphatic carbocycles. The summed E-state index contributed by atoms with van der Waals surface area (Å²) in [6.07, 6.45) is 5.85. The van der Waals surface area contributed by atoms with Gasteiger partial charge in [-0.05, 0) is 38.6 Å². The molecule has 1 N–H and O–H groups in total. The molecule has 2 fully saturated rings. The molecule has 0 aromatic carbocycles. The van der Waals surface area contributed by atoms with E-state index in [0.717, 1.165) is 38.0 Å². The Labute approximate surface area is 127 Å². The maximum atomic E-state index is 5.33. The molecule has 118 valence electrons. The van der Waals surface area contributed by atoms with Crippen LogP contribution >= 0.6 is 0 Å². The number of hydrogen-bond acceptors (Lipinski definition) is 4. The average Bonchev–Trinajstić information content (AvgIpc) is 3.11. The number of aryl methyl sites for hydroxylation is 1. The van der Waals surface area contributed by atoms with Gasteiger partial charge in [0.05, 0.1) is 18.3 Å². The van der Waals surface area contributed by atoms with Crippen LogP contribution in [-0.4, -0.2) is 48.9 Å². The van der Waals surface area contributed by atoms with Gasteiger partial charge in [-0.25, -0.2) is 4.98 Å². The number of piperidine rings is 1. The number of imidazole rings is 1. The molecule has 1 aromatic rings. The second kappa shape index (κ2) is 6.36. The number of methoxy groups -OCH3 is 1. The van der Waals surface area contributed by atoms with Crippen molar-refractivity contribution in [3.63, 3.8) is 0 Å². The van der Waals surface area contributed by atoms with E-state index in [-0.39, 0.29) is 0 Å². The molecule has 2 aliphatic rings. The van der Waals surface area contributed by atoms with Crippen LogP contribution in [0.15, 0.2) is 6.20 Å². The molecular weight excluding hydrogens is 264 g/mol. The minimum absolute atomic E-state index is 0.327. The quantitative estimate of drug-likeness (QED) is 0.899. The first-order valence-corrected chi connectivity index (χ1v) is 8.28. The second-order valence-corrected chi connectivity index (χ2v) is 6.47. The standard InChI is InChI=1S/C16H28N4O/c1-4-14-9-20(12(2)11-21-3)16(18-14)19-8-13-6-5-7-17-15(13)10-19/h9,12-13,15,17H,4-8,10-11H2,1-3H3/t12?,13-,15+/m0/s1. The van der Waals surface area contributed by atoms with Crippen LogP contribution in [0.25, 0.3) is 0 Å². The Hall–Kier alpha value is -1.07. The molecule has 5 heteroatoms. The van der Waals surface area contributed by atoms with Crippen molar-refractivity contribution in [1.82, 2.24) is 14.9 Å². The van der Waals surface area contributed by atoms with Crippen molar-refractivity contribution < 1.29 is 4.74 Å². The molecule has 0 radical (unpaired) electrons. The van der Waals surface area contributed by atoms with E-state index in [1.54, 1.807) is 7.11 Å². The fraction of sp³-hybridized carbons (Fsp3) is 0.812. The molecule has 21 heavy (non-hydrogen) atoms. The molecule has 3 heterocycles. The van der Waals surface area contributed by atoms with Gasteiger partial charge in [0.2, 0.25) is 5.95 Å². The van der Waals surface area contributed by atoms with Gasteiger partial charge in [-0.15, -0.1) is 0 Å². The van der Waals surface area contributed by atoms with Crippen molar-refractivity contribution in [3.8, 4) is 0 Å². The Bertz CT molecular complexity index is 459. The zero-order chi connectivity index (χ0) is 14.8. The zero-order valence-electron chi connectivity index (χ0n) is 13.5. The first-order valence-electron chi connectivity index (χ1n) is 8.28. The first-order chi connectivity index (χ1) is 10.2. The Morgan fingerprint density at radius 2 is 2.33 bits per heavy atom. The van der Waals surface area contributed by atoms with Gasteiger partial charge < -0.3 is 19.5 Å². The molecule has 0 amide bonds. The van der Waals surface area contributed by atoms with Gasteiger partial charge in [0.1, 0.15) is 0 Å². The summed E-state index contributed by atoms with van der Waals surface area (Å²) < 4.78 is 7.64. The van der Waals surface area contributed by atoms with Crippen molar-refractivity contribution in [2.24, 2.45) is 5.92 Å². The number of ether oxygens (including phenoxy) is 1. The summed E-state index contributed by atoms with van der Waals surface area (Å²) in [6.45, 7) is 8.50. The van der Waals surface area contributed by atoms with Gasteiger partial charge >= 0.3 is 0 Å². The maximum absolute atomic E-state index is 5.33. The zero-order valence-corrected chi connectivity index (χ0v) is 13.5. The summed E-state index contributed by atoms with van der Waals surface area (Å²) in [7, 11) is 1.77. The summed E-state index contributed by atoms with van der Waals surface area (Å²) in [5, 5.41) is 3.67. The summed E-state index contributed by atoms with van der Waals surface area (Å²) in [4.78, 5) is 7.35.